The zero-order valence-corrected chi connectivity index (χ0v) is 10.6. The van der Waals surface area contributed by atoms with Gasteiger partial charge in [0.25, 0.3) is 0 Å². The Morgan fingerprint density at radius 2 is 1.82 bits per heavy atom. The third-order valence-electron chi connectivity index (χ3n) is 2.28. The van der Waals surface area contributed by atoms with Crippen LogP contribution in [0.5, 0.6) is 5.75 Å². The largest absolute Gasteiger partial charge is 0.491 e. The van der Waals surface area contributed by atoms with Gasteiger partial charge < -0.3 is 9.84 Å². The molecule has 0 spiro atoms. The van der Waals surface area contributed by atoms with Crippen LogP contribution in [0.3, 0.4) is 0 Å². The second-order valence-corrected chi connectivity index (χ2v) is 4.09. The number of hydrogen-bond acceptors (Lipinski definition) is 4. The van der Waals surface area contributed by atoms with Gasteiger partial charge in [-0.05, 0) is 31.5 Å². The summed E-state index contributed by atoms with van der Waals surface area (Å²) in [5, 5.41) is 9.23. The van der Waals surface area contributed by atoms with Crippen molar-refractivity contribution < 1.29 is 19.6 Å². The summed E-state index contributed by atoms with van der Waals surface area (Å²) in [6, 6.07) is 7.60. The first-order valence-corrected chi connectivity index (χ1v) is 5.71. The minimum absolute atomic E-state index is 0.00363. The molecule has 0 aliphatic rings. The Balaban J connectivity index is 2.44. The third kappa shape index (κ3) is 5.68. The molecule has 1 aromatic carbocycles. The monoisotopic (exact) mass is 240 g/mol. The van der Waals surface area contributed by atoms with Crippen LogP contribution in [0.4, 0.5) is 0 Å². The quantitative estimate of drug-likeness (QED) is 0.587. The van der Waals surface area contributed by atoms with Gasteiger partial charge in [-0.3, -0.25) is 0 Å². The van der Waals surface area contributed by atoms with E-state index in [1.807, 2.05) is 31.2 Å². The summed E-state index contributed by atoms with van der Waals surface area (Å²) in [6.45, 7) is 4.11. The summed E-state index contributed by atoms with van der Waals surface area (Å²) >= 11 is 0. The second-order valence-electron chi connectivity index (χ2n) is 4.09. The molecule has 1 N–H and O–H groups in total. The predicted octanol–water partition coefficient (Wildman–Crippen LogP) is 2.30. The predicted molar refractivity (Wildman–Crippen MR) is 64.6 cm³/mol. The van der Waals surface area contributed by atoms with Crippen molar-refractivity contribution in [1.29, 1.82) is 0 Å². The Hall–Kier alpha value is -1.10. The van der Waals surface area contributed by atoms with Crippen LogP contribution in [0, 0.1) is 0 Å². The highest BCUT2D eigenvalue weighted by Crippen LogP contribution is 2.16. The first kappa shape index (κ1) is 14.0. The van der Waals surface area contributed by atoms with Crippen LogP contribution in [-0.2, 0) is 16.4 Å². The summed E-state index contributed by atoms with van der Waals surface area (Å²) in [6.07, 6.45) is 0.268. The van der Waals surface area contributed by atoms with Gasteiger partial charge in [0.05, 0.1) is 19.3 Å². The molecule has 0 fully saturated rings. The van der Waals surface area contributed by atoms with Crippen molar-refractivity contribution in [3.8, 4) is 5.75 Å². The second kappa shape index (κ2) is 7.27. The molecule has 96 valence electrons. The summed E-state index contributed by atoms with van der Waals surface area (Å²) in [4.78, 5) is 9.34. The molecule has 0 aliphatic heterocycles. The first-order chi connectivity index (χ1) is 8.11. The van der Waals surface area contributed by atoms with E-state index in [2.05, 4.69) is 4.89 Å². The number of benzene rings is 1. The Labute approximate surface area is 102 Å². The van der Waals surface area contributed by atoms with Gasteiger partial charge in [-0.2, -0.15) is 0 Å². The maximum Gasteiger partial charge on any atom is 0.119 e. The molecule has 1 rings (SSSR count). The Bertz CT molecular complexity index is 308. The van der Waals surface area contributed by atoms with Gasteiger partial charge >= 0.3 is 0 Å². The van der Waals surface area contributed by atoms with E-state index in [1.165, 1.54) is 7.11 Å². The number of aliphatic hydroxyl groups excluding tert-OH is 1. The van der Waals surface area contributed by atoms with E-state index < -0.39 is 0 Å². The normalized spacial score (nSPS) is 14.4. The third-order valence-corrected chi connectivity index (χ3v) is 2.28. The Morgan fingerprint density at radius 1 is 1.18 bits per heavy atom. The van der Waals surface area contributed by atoms with Gasteiger partial charge in [0.1, 0.15) is 12.4 Å². The molecular weight excluding hydrogens is 220 g/mol. The van der Waals surface area contributed by atoms with E-state index in [-0.39, 0.29) is 12.2 Å². The molecule has 0 bridgehead atoms. The molecule has 0 heterocycles. The van der Waals surface area contributed by atoms with E-state index >= 15 is 0 Å². The fraction of sp³-hybridized carbons (Fsp3) is 0.538. The first-order valence-electron chi connectivity index (χ1n) is 5.71. The van der Waals surface area contributed by atoms with Crippen molar-refractivity contribution in [1.82, 2.24) is 0 Å². The standard InChI is InChI=1S/C13H20O4/c1-10(14)8-11(2)17-13-6-4-12(5-7-13)9-16-15-3/h4-7,10-11,14H,8-9H2,1-3H3/t10-,11+/m1/s1. The highest BCUT2D eigenvalue weighted by molar-refractivity contribution is 5.27. The lowest BCUT2D eigenvalue weighted by molar-refractivity contribution is -0.282. The molecule has 2 atom stereocenters. The van der Waals surface area contributed by atoms with E-state index in [1.54, 1.807) is 6.92 Å². The van der Waals surface area contributed by atoms with Gasteiger partial charge in [-0.25, -0.2) is 9.78 Å². The highest BCUT2D eigenvalue weighted by Gasteiger charge is 2.07. The lowest BCUT2D eigenvalue weighted by Crippen LogP contribution is -2.18. The molecule has 0 saturated carbocycles. The number of hydrogen-bond donors (Lipinski definition) is 1. The number of rotatable bonds is 7. The van der Waals surface area contributed by atoms with Crippen LogP contribution >= 0.6 is 0 Å². The topological polar surface area (TPSA) is 47.9 Å². The van der Waals surface area contributed by atoms with E-state index in [0.717, 1.165) is 11.3 Å². The molecule has 0 unspecified atom stereocenters. The summed E-state index contributed by atoms with van der Waals surface area (Å²) < 4.78 is 5.65. The maximum absolute atomic E-state index is 9.23. The van der Waals surface area contributed by atoms with Crippen LogP contribution in [-0.4, -0.2) is 24.4 Å². The van der Waals surface area contributed by atoms with Crippen molar-refractivity contribution in [2.75, 3.05) is 7.11 Å². The molecule has 0 aromatic heterocycles. The average molecular weight is 240 g/mol. The van der Waals surface area contributed by atoms with Crippen LogP contribution in [0.15, 0.2) is 24.3 Å². The zero-order chi connectivity index (χ0) is 12.7. The number of ether oxygens (including phenoxy) is 1. The maximum atomic E-state index is 9.23. The molecule has 4 heteroatoms. The molecular formula is C13H20O4. The summed E-state index contributed by atoms with van der Waals surface area (Å²) in [7, 11) is 1.48. The minimum Gasteiger partial charge on any atom is -0.491 e. The fourth-order valence-electron chi connectivity index (χ4n) is 1.55. The molecule has 0 aliphatic carbocycles. The van der Waals surface area contributed by atoms with Crippen molar-refractivity contribution >= 4 is 0 Å². The lowest BCUT2D eigenvalue weighted by Gasteiger charge is -2.16. The highest BCUT2D eigenvalue weighted by atomic mass is 17.2. The lowest BCUT2D eigenvalue weighted by atomic mass is 10.2. The average Bonchev–Trinajstić information content (AvgIpc) is 2.27. The summed E-state index contributed by atoms with van der Waals surface area (Å²) in [5.74, 6) is 0.791. The Morgan fingerprint density at radius 3 is 2.35 bits per heavy atom. The van der Waals surface area contributed by atoms with E-state index in [0.29, 0.717) is 13.0 Å². The fourth-order valence-corrected chi connectivity index (χ4v) is 1.55. The molecule has 4 nitrogen and oxygen atoms in total. The molecule has 17 heavy (non-hydrogen) atoms. The van der Waals surface area contributed by atoms with Crippen molar-refractivity contribution in [3.63, 3.8) is 0 Å². The van der Waals surface area contributed by atoms with E-state index in [4.69, 9.17) is 9.62 Å². The van der Waals surface area contributed by atoms with Crippen LogP contribution < -0.4 is 4.74 Å². The van der Waals surface area contributed by atoms with Gasteiger partial charge in [0.2, 0.25) is 0 Å². The zero-order valence-electron chi connectivity index (χ0n) is 10.6. The van der Waals surface area contributed by atoms with Gasteiger partial charge in [0, 0.05) is 6.42 Å². The van der Waals surface area contributed by atoms with Gasteiger partial charge in [0.15, 0.2) is 0 Å². The molecule has 1 aromatic rings. The Kier molecular flexibility index (Phi) is 5.97. The van der Waals surface area contributed by atoms with Crippen LogP contribution in [0.2, 0.25) is 0 Å². The minimum atomic E-state index is -0.348. The SMILES string of the molecule is COOCc1ccc(O[C@@H](C)C[C@@H](C)O)cc1. The number of aliphatic hydroxyl groups is 1. The molecule has 0 amide bonds. The van der Waals surface area contributed by atoms with Crippen molar-refractivity contribution in [3.05, 3.63) is 29.8 Å². The smallest absolute Gasteiger partial charge is 0.119 e. The molecule has 0 saturated heterocycles. The summed E-state index contributed by atoms with van der Waals surface area (Å²) in [5.41, 5.74) is 1.02. The van der Waals surface area contributed by atoms with Crippen molar-refractivity contribution in [2.24, 2.45) is 0 Å². The van der Waals surface area contributed by atoms with Crippen LogP contribution in [0.1, 0.15) is 25.8 Å². The molecule has 0 radical (unpaired) electrons. The van der Waals surface area contributed by atoms with Gasteiger partial charge in [-0.1, -0.05) is 12.1 Å². The van der Waals surface area contributed by atoms with E-state index in [9.17, 15) is 5.11 Å². The van der Waals surface area contributed by atoms with Gasteiger partial charge in [-0.15, -0.1) is 0 Å². The van der Waals surface area contributed by atoms with Crippen LogP contribution in [0.25, 0.3) is 0 Å². The van der Waals surface area contributed by atoms with Crippen molar-refractivity contribution in [2.45, 2.75) is 39.1 Å².